The summed E-state index contributed by atoms with van der Waals surface area (Å²) in [5, 5.41) is 3.31. The van der Waals surface area contributed by atoms with E-state index in [0.717, 1.165) is 11.3 Å². The van der Waals surface area contributed by atoms with E-state index in [1.165, 1.54) is 11.9 Å². The number of aromatic nitrogens is 2. The van der Waals surface area contributed by atoms with Gasteiger partial charge in [-0.3, -0.25) is 9.59 Å². The molecule has 0 aliphatic carbocycles. The van der Waals surface area contributed by atoms with E-state index >= 15 is 0 Å². The number of alkyl halides is 3. The first-order chi connectivity index (χ1) is 11.6. The van der Waals surface area contributed by atoms with E-state index in [-0.39, 0.29) is 24.7 Å². The molecule has 6 nitrogen and oxygen atoms in total. The van der Waals surface area contributed by atoms with Crippen molar-refractivity contribution < 1.29 is 27.3 Å². The molecule has 2 heterocycles. The number of hydrogen-bond acceptors (Lipinski definition) is 6. The molecule has 0 aliphatic rings. The van der Waals surface area contributed by atoms with Gasteiger partial charge in [0.1, 0.15) is 0 Å². The van der Waals surface area contributed by atoms with Crippen LogP contribution in [0.2, 0.25) is 0 Å². The number of nitrogens with zero attached hydrogens (tertiary/aromatic N) is 3. The maximum absolute atomic E-state index is 12.5. The van der Waals surface area contributed by atoms with Crippen molar-refractivity contribution in [2.24, 2.45) is 5.92 Å². The molecule has 0 aromatic carbocycles. The van der Waals surface area contributed by atoms with Gasteiger partial charge in [-0.2, -0.15) is 18.2 Å². The van der Waals surface area contributed by atoms with Crippen LogP contribution in [0.5, 0.6) is 0 Å². The lowest BCUT2D eigenvalue weighted by molar-refractivity contribution is -0.159. The summed E-state index contributed by atoms with van der Waals surface area (Å²) in [6, 6.07) is 3.18. The predicted molar refractivity (Wildman–Crippen MR) is 83.5 cm³/mol. The van der Waals surface area contributed by atoms with Gasteiger partial charge in [-0.05, 0) is 18.1 Å². The largest absolute Gasteiger partial charge is 0.471 e. The number of ketones is 1. The number of carbonyl (C=O) groups excluding carboxylic acids is 2. The van der Waals surface area contributed by atoms with Crippen molar-refractivity contribution in [1.82, 2.24) is 15.0 Å². The monoisotopic (exact) mass is 375 g/mol. The zero-order valence-corrected chi connectivity index (χ0v) is 14.6. The van der Waals surface area contributed by atoms with Crippen molar-refractivity contribution in [2.45, 2.75) is 33.0 Å². The Morgan fingerprint density at radius 3 is 2.56 bits per heavy atom. The number of thiophene rings is 1. The average Bonchev–Trinajstić information content (AvgIpc) is 3.13. The molecule has 136 valence electrons. The summed E-state index contributed by atoms with van der Waals surface area (Å²) in [5.41, 5.74) is 0. The molecule has 0 bridgehead atoms. The number of carbonyl (C=O) groups is 2. The molecule has 0 atom stereocenters. The Bertz CT molecular complexity index is 767. The minimum Gasteiger partial charge on any atom is -0.334 e. The maximum atomic E-state index is 12.5. The molecule has 1 amide bonds. The smallest absolute Gasteiger partial charge is 0.334 e. The number of likely N-dealkylation sites (N-methyl/N-ethyl adjacent to an activating group) is 1. The normalized spacial score (nSPS) is 11.8. The van der Waals surface area contributed by atoms with Crippen LogP contribution in [-0.2, 0) is 22.3 Å². The van der Waals surface area contributed by atoms with Gasteiger partial charge in [0, 0.05) is 18.3 Å². The van der Waals surface area contributed by atoms with Gasteiger partial charge >= 0.3 is 12.1 Å². The lowest BCUT2D eigenvalue weighted by Crippen LogP contribution is -2.33. The second kappa shape index (κ2) is 7.34. The van der Waals surface area contributed by atoms with Crippen LogP contribution in [0.1, 0.15) is 31.0 Å². The van der Waals surface area contributed by atoms with Crippen LogP contribution in [0.3, 0.4) is 0 Å². The highest BCUT2D eigenvalue weighted by Crippen LogP contribution is 2.31. The van der Waals surface area contributed by atoms with Crippen LogP contribution in [0.15, 0.2) is 16.7 Å². The van der Waals surface area contributed by atoms with Gasteiger partial charge < -0.3 is 9.42 Å². The first-order valence-corrected chi connectivity index (χ1v) is 8.18. The number of halogens is 3. The van der Waals surface area contributed by atoms with Crippen LogP contribution in [0.25, 0.3) is 10.7 Å². The van der Waals surface area contributed by atoms with Crippen molar-refractivity contribution in [2.75, 3.05) is 7.05 Å². The second-order valence-corrected chi connectivity index (χ2v) is 7.04. The van der Waals surface area contributed by atoms with E-state index in [9.17, 15) is 22.8 Å². The Morgan fingerprint density at radius 1 is 1.32 bits per heavy atom. The van der Waals surface area contributed by atoms with Crippen LogP contribution in [-0.4, -0.2) is 33.8 Å². The van der Waals surface area contributed by atoms with E-state index < -0.39 is 23.8 Å². The van der Waals surface area contributed by atoms with E-state index in [2.05, 4.69) is 14.7 Å². The molecule has 2 aromatic rings. The molecular formula is C15H16F3N3O3S. The van der Waals surface area contributed by atoms with Crippen molar-refractivity contribution in [1.29, 1.82) is 0 Å². The third kappa shape index (κ3) is 4.88. The van der Waals surface area contributed by atoms with Crippen LogP contribution >= 0.6 is 11.3 Å². The van der Waals surface area contributed by atoms with Crippen LogP contribution < -0.4 is 0 Å². The van der Waals surface area contributed by atoms with E-state index in [1.807, 2.05) is 13.8 Å². The molecule has 0 fully saturated rings. The zero-order valence-electron chi connectivity index (χ0n) is 13.8. The first kappa shape index (κ1) is 19.1. The minimum absolute atomic E-state index is 0.0826. The molecule has 10 heteroatoms. The summed E-state index contributed by atoms with van der Waals surface area (Å²) in [5.74, 6) is -2.57. The molecule has 0 radical (unpaired) electrons. The molecule has 2 aromatic heterocycles. The van der Waals surface area contributed by atoms with Gasteiger partial charge in [-0.15, -0.1) is 11.3 Å². The maximum Gasteiger partial charge on any atom is 0.471 e. The highest BCUT2D eigenvalue weighted by molar-refractivity contribution is 7.15. The van der Waals surface area contributed by atoms with Crippen LogP contribution in [0.4, 0.5) is 13.2 Å². The third-order valence-electron chi connectivity index (χ3n) is 3.12. The Hall–Kier alpha value is -2.23. The molecule has 2 rings (SSSR count). The quantitative estimate of drug-likeness (QED) is 0.724. The molecule has 0 spiro atoms. The Morgan fingerprint density at radius 2 is 2.00 bits per heavy atom. The van der Waals surface area contributed by atoms with E-state index in [4.69, 9.17) is 0 Å². The topological polar surface area (TPSA) is 76.3 Å². The van der Waals surface area contributed by atoms with E-state index in [1.54, 1.807) is 12.1 Å². The summed E-state index contributed by atoms with van der Waals surface area (Å²) in [6.07, 6.45) is -4.53. The number of hydrogen-bond donors (Lipinski definition) is 0. The first-order valence-electron chi connectivity index (χ1n) is 7.36. The molecular weight excluding hydrogens is 359 g/mol. The Kier molecular flexibility index (Phi) is 5.61. The van der Waals surface area contributed by atoms with Crippen molar-refractivity contribution in [3.8, 4) is 10.7 Å². The lowest BCUT2D eigenvalue weighted by atomic mass is 10.1. The SMILES string of the molecule is CC(C)CC(=O)C(=O)N(C)Cc1ccc(-c2noc(C(F)(F)F)n2)s1. The van der Waals surface area contributed by atoms with E-state index in [0.29, 0.717) is 9.75 Å². The van der Waals surface area contributed by atoms with Gasteiger partial charge in [0.25, 0.3) is 5.91 Å². The zero-order chi connectivity index (χ0) is 18.8. The fourth-order valence-corrected chi connectivity index (χ4v) is 2.99. The summed E-state index contributed by atoms with van der Waals surface area (Å²) in [6.45, 7) is 3.85. The number of rotatable bonds is 6. The molecule has 0 N–H and O–H groups in total. The number of amides is 1. The van der Waals surface area contributed by atoms with Crippen molar-refractivity contribution in [3.63, 3.8) is 0 Å². The fourth-order valence-electron chi connectivity index (χ4n) is 2.00. The third-order valence-corrected chi connectivity index (χ3v) is 4.19. The summed E-state index contributed by atoms with van der Waals surface area (Å²) in [4.78, 5) is 29.4. The fraction of sp³-hybridized carbons (Fsp3) is 0.467. The van der Waals surface area contributed by atoms with Crippen molar-refractivity contribution in [3.05, 3.63) is 22.9 Å². The minimum atomic E-state index is -4.70. The predicted octanol–water partition coefficient (Wildman–Crippen LogP) is 3.39. The number of Topliss-reactive ketones (excluding diaryl/α,β-unsaturated/α-hetero) is 1. The second-order valence-electron chi connectivity index (χ2n) is 5.87. The Labute approximate surface area is 145 Å². The highest BCUT2D eigenvalue weighted by Gasteiger charge is 2.38. The molecule has 0 saturated carbocycles. The van der Waals surface area contributed by atoms with Crippen molar-refractivity contribution >= 4 is 23.0 Å². The van der Waals surface area contributed by atoms with Gasteiger partial charge in [0.2, 0.25) is 11.6 Å². The Balaban J connectivity index is 2.05. The summed E-state index contributed by atoms with van der Waals surface area (Å²) in [7, 11) is 1.50. The standard InChI is InChI=1S/C15H16F3N3O3S/c1-8(2)6-10(22)13(23)21(3)7-9-4-5-11(25-9)12-19-14(24-20-12)15(16,17)18/h4-5,8H,6-7H2,1-3H3. The summed E-state index contributed by atoms with van der Waals surface area (Å²) < 4.78 is 41.6. The highest BCUT2D eigenvalue weighted by atomic mass is 32.1. The molecule has 25 heavy (non-hydrogen) atoms. The van der Waals surface area contributed by atoms with Crippen LogP contribution in [0, 0.1) is 5.92 Å². The van der Waals surface area contributed by atoms with Gasteiger partial charge in [-0.1, -0.05) is 19.0 Å². The average molecular weight is 375 g/mol. The van der Waals surface area contributed by atoms with Gasteiger partial charge in [-0.25, -0.2) is 0 Å². The van der Waals surface area contributed by atoms with Gasteiger partial charge in [0.05, 0.1) is 11.4 Å². The molecule has 0 aliphatic heterocycles. The molecule has 0 unspecified atom stereocenters. The summed E-state index contributed by atoms with van der Waals surface area (Å²) >= 11 is 1.12. The molecule has 0 saturated heterocycles. The lowest BCUT2D eigenvalue weighted by Gasteiger charge is -2.15. The van der Waals surface area contributed by atoms with Gasteiger partial charge in [0.15, 0.2) is 0 Å².